The van der Waals surface area contributed by atoms with E-state index in [9.17, 15) is 9.90 Å². The highest BCUT2D eigenvalue weighted by atomic mass is 79.9. The van der Waals surface area contributed by atoms with E-state index in [1.807, 2.05) is 55.5 Å². The molecule has 104 valence electrons. The number of carboxylic acids is 1. The molecule has 3 nitrogen and oxygen atoms in total. The molecule has 0 spiro atoms. The summed E-state index contributed by atoms with van der Waals surface area (Å²) in [5.41, 5.74) is 1.36. The Bertz CT molecular complexity index is 625. The number of aliphatic carboxylic acids is 1. The standard InChI is InChI=1S/C16H16BrNO2/c1-11-5-3-4-6-14(11)18-16(2,15(19)20)12-7-9-13(17)10-8-12/h3-10,18H,1-2H3,(H,19,20). The van der Waals surface area contributed by atoms with Crippen LogP contribution in [0.15, 0.2) is 53.0 Å². The molecule has 0 amide bonds. The van der Waals surface area contributed by atoms with Crippen LogP contribution in [0.3, 0.4) is 0 Å². The van der Waals surface area contributed by atoms with Gasteiger partial charge in [-0.25, -0.2) is 4.79 Å². The Morgan fingerprint density at radius 2 is 1.75 bits per heavy atom. The second-order valence-corrected chi connectivity index (χ2v) is 5.79. The fraction of sp³-hybridized carbons (Fsp3) is 0.188. The van der Waals surface area contributed by atoms with Gasteiger partial charge in [-0.05, 0) is 43.2 Å². The molecular weight excluding hydrogens is 318 g/mol. The van der Waals surface area contributed by atoms with Gasteiger partial charge in [0.1, 0.15) is 0 Å². The number of para-hydroxylation sites is 1. The predicted molar refractivity (Wildman–Crippen MR) is 83.9 cm³/mol. The van der Waals surface area contributed by atoms with Crippen molar-refractivity contribution in [3.05, 3.63) is 64.1 Å². The maximum Gasteiger partial charge on any atom is 0.333 e. The van der Waals surface area contributed by atoms with Gasteiger partial charge in [0, 0.05) is 10.2 Å². The average molecular weight is 334 g/mol. The van der Waals surface area contributed by atoms with E-state index in [2.05, 4.69) is 21.2 Å². The molecule has 2 rings (SSSR count). The van der Waals surface area contributed by atoms with Gasteiger partial charge >= 0.3 is 5.97 Å². The number of hydrogen-bond acceptors (Lipinski definition) is 2. The third-order valence-corrected chi connectivity index (χ3v) is 3.91. The normalized spacial score (nSPS) is 13.6. The van der Waals surface area contributed by atoms with Crippen LogP contribution in [0, 0.1) is 6.92 Å². The van der Waals surface area contributed by atoms with Crippen LogP contribution < -0.4 is 5.32 Å². The highest BCUT2D eigenvalue weighted by Gasteiger charge is 2.35. The van der Waals surface area contributed by atoms with Crippen molar-refractivity contribution in [2.45, 2.75) is 19.4 Å². The smallest absolute Gasteiger partial charge is 0.333 e. The molecule has 2 aromatic carbocycles. The number of anilines is 1. The van der Waals surface area contributed by atoms with E-state index in [0.717, 1.165) is 15.7 Å². The van der Waals surface area contributed by atoms with E-state index in [1.54, 1.807) is 6.92 Å². The number of nitrogens with one attached hydrogen (secondary N) is 1. The van der Waals surface area contributed by atoms with Crippen molar-refractivity contribution in [3.8, 4) is 0 Å². The Morgan fingerprint density at radius 3 is 2.30 bits per heavy atom. The van der Waals surface area contributed by atoms with Crippen molar-refractivity contribution in [2.75, 3.05) is 5.32 Å². The van der Waals surface area contributed by atoms with Gasteiger partial charge in [-0.2, -0.15) is 0 Å². The van der Waals surface area contributed by atoms with E-state index in [-0.39, 0.29) is 0 Å². The van der Waals surface area contributed by atoms with Crippen molar-refractivity contribution in [1.82, 2.24) is 0 Å². The maximum atomic E-state index is 11.7. The van der Waals surface area contributed by atoms with Gasteiger partial charge < -0.3 is 10.4 Å². The first-order chi connectivity index (χ1) is 9.43. The molecule has 0 bridgehead atoms. The third-order valence-electron chi connectivity index (χ3n) is 3.38. The predicted octanol–water partition coefficient (Wildman–Crippen LogP) is 4.17. The van der Waals surface area contributed by atoms with Gasteiger partial charge in [0.2, 0.25) is 0 Å². The number of benzene rings is 2. The lowest BCUT2D eigenvalue weighted by atomic mass is 9.91. The lowest BCUT2D eigenvalue weighted by Gasteiger charge is -2.29. The van der Waals surface area contributed by atoms with E-state index < -0.39 is 11.5 Å². The molecule has 1 unspecified atom stereocenters. The van der Waals surface area contributed by atoms with Gasteiger partial charge in [-0.3, -0.25) is 0 Å². The number of rotatable bonds is 4. The van der Waals surface area contributed by atoms with Crippen LogP contribution in [0.1, 0.15) is 18.1 Å². The summed E-state index contributed by atoms with van der Waals surface area (Å²) in [6, 6.07) is 15.0. The molecule has 0 aliphatic heterocycles. The fourth-order valence-corrected chi connectivity index (χ4v) is 2.28. The SMILES string of the molecule is Cc1ccccc1NC(C)(C(=O)O)c1ccc(Br)cc1. The van der Waals surface area contributed by atoms with E-state index >= 15 is 0 Å². The van der Waals surface area contributed by atoms with Crippen molar-refractivity contribution < 1.29 is 9.90 Å². The summed E-state index contributed by atoms with van der Waals surface area (Å²) in [6.45, 7) is 3.62. The monoisotopic (exact) mass is 333 g/mol. The zero-order valence-corrected chi connectivity index (χ0v) is 12.9. The van der Waals surface area contributed by atoms with Crippen LogP contribution in [0.2, 0.25) is 0 Å². The lowest BCUT2D eigenvalue weighted by molar-refractivity contribution is -0.142. The summed E-state index contributed by atoms with van der Waals surface area (Å²) >= 11 is 3.36. The number of carbonyl (C=O) groups is 1. The second kappa shape index (κ2) is 5.67. The Labute approximate surface area is 126 Å². The number of hydrogen-bond donors (Lipinski definition) is 2. The van der Waals surface area contributed by atoms with Gasteiger partial charge in [0.05, 0.1) is 0 Å². The highest BCUT2D eigenvalue weighted by Crippen LogP contribution is 2.29. The highest BCUT2D eigenvalue weighted by molar-refractivity contribution is 9.10. The molecular formula is C16H16BrNO2. The third kappa shape index (κ3) is 2.85. The molecule has 0 aliphatic carbocycles. The summed E-state index contributed by atoms with van der Waals surface area (Å²) < 4.78 is 0.921. The van der Waals surface area contributed by atoms with Crippen molar-refractivity contribution in [2.24, 2.45) is 0 Å². The number of halogens is 1. The molecule has 4 heteroatoms. The first kappa shape index (κ1) is 14.6. The van der Waals surface area contributed by atoms with Gasteiger partial charge in [0.15, 0.2) is 5.54 Å². The Hall–Kier alpha value is -1.81. The van der Waals surface area contributed by atoms with Gasteiger partial charge in [0.25, 0.3) is 0 Å². The van der Waals surface area contributed by atoms with E-state index in [1.165, 1.54) is 0 Å². The molecule has 2 N–H and O–H groups in total. The average Bonchev–Trinajstić information content (AvgIpc) is 2.42. The van der Waals surface area contributed by atoms with Crippen LogP contribution in [0.4, 0.5) is 5.69 Å². The van der Waals surface area contributed by atoms with E-state index in [4.69, 9.17) is 0 Å². The molecule has 0 aliphatic rings. The summed E-state index contributed by atoms with van der Waals surface area (Å²) in [5, 5.41) is 12.8. The summed E-state index contributed by atoms with van der Waals surface area (Å²) in [6.07, 6.45) is 0. The zero-order valence-electron chi connectivity index (χ0n) is 11.4. The van der Waals surface area contributed by atoms with E-state index in [0.29, 0.717) is 5.56 Å². The Kier molecular flexibility index (Phi) is 4.14. The molecule has 0 radical (unpaired) electrons. The van der Waals surface area contributed by atoms with Gasteiger partial charge in [-0.15, -0.1) is 0 Å². The molecule has 0 fully saturated rings. The maximum absolute atomic E-state index is 11.7. The van der Waals surface area contributed by atoms with Crippen LogP contribution in [0.25, 0.3) is 0 Å². The van der Waals surface area contributed by atoms with Crippen molar-refractivity contribution in [3.63, 3.8) is 0 Å². The first-order valence-corrected chi connectivity index (χ1v) is 7.06. The van der Waals surface area contributed by atoms with Crippen LogP contribution in [-0.2, 0) is 10.3 Å². The summed E-state index contributed by atoms with van der Waals surface area (Å²) in [7, 11) is 0. The first-order valence-electron chi connectivity index (χ1n) is 6.27. The molecule has 0 heterocycles. The summed E-state index contributed by atoms with van der Waals surface area (Å²) in [5.74, 6) is -0.914. The topological polar surface area (TPSA) is 49.3 Å². The molecule has 2 aromatic rings. The summed E-state index contributed by atoms with van der Waals surface area (Å²) in [4.78, 5) is 11.7. The second-order valence-electron chi connectivity index (χ2n) is 4.88. The largest absolute Gasteiger partial charge is 0.479 e. The molecule has 0 saturated carbocycles. The van der Waals surface area contributed by atoms with Crippen molar-refractivity contribution >= 4 is 27.6 Å². The van der Waals surface area contributed by atoms with Crippen LogP contribution in [0.5, 0.6) is 0 Å². The lowest BCUT2D eigenvalue weighted by Crippen LogP contribution is -2.40. The Morgan fingerprint density at radius 1 is 1.15 bits per heavy atom. The minimum atomic E-state index is -1.17. The number of aryl methyl sites for hydroxylation is 1. The molecule has 20 heavy (non-hydrogen) atoms. The Balaban J connectivity index is 2.43. The molecule has 0 saturated heterocycles. The zero-order chi connectivity index (χ0) is 14.8. The van der Waals surface area contributed by atoms with Crippen LogP contribution >= 0.6 is 15.9 Å². The minimum absolute atomic E-state index is 0.705. The van der Waals surface area contributed by atoms with Crippen LogP contribution in [-0.4, -0.2) is 11.1 Å². The van der Waals surface area contributed by atoms with Gasteiger partial charge in [-0.1, -0.05) is 46.3 Å². The molecule has 0 aromatic heterocycles. The van der Waals surface area contributed by atoms with Crippen molar-refractivity contribution in [1.29, 1.82) is 0 Å². The fourth-order valence-electron chi connectivity index (χ4n) is 2.01. The quantitative estimate of drug-likeness (QED) is 0.882. The number of carboxylic acid groups (broad SMARTS) is 1. The molecule has 1 atom stereocenters. The minimum Gasteiger partial charge on any atom is -0.479 e.